The van der Waals surface area contributed by atoms with Gasteiger partial charge in [-0.2, -0.15) is 4.39 Å². The standard InChI is InChI=1S/C11H13F4NO3S/c1-5(2)19-10-8(14)6(12)7(13)9(15)11(10)20(17,18)16(3)4/h5H,1-4H3. The third kappa shape index (κ3) is 2.73. The van der Waals surface area contributed by atoms with Crippen molar-refractivity contribution in [3.8, 4) is 5.75 Å². The summed E-state index contributed by atoms with van der Waals surface area (Å²) in [6, 6.07) is 0. The fraction of sp³-hybridized carbons (Fsp3) is 0.455. The van der Waals surface area contributed by atoms with Crippen LogP contribution in [0.1, 0.15) is 13.8 Å². The van der Waals surface area contributed by atoms with Crippen molar-refractivity contribution in [2.45, 2.75) is 24.8 Å². The lowest BCUT2D eigenvalue weighted by atomic mass is 10.3. The molecule has 0 heterocycles. The fourth-order valence-corrected chi connectivity index (χ4v) is 2.40. The van der Waals surface area contributed by atoms with E-state index in [4.69, 9.17) is 4.74 Å². The summed E-state index contributed by atoms with van der Waals surface area (Å²) >= 11 is 0. The maximum absolute atomic E-state index is 13.7. The molecule has 0 radical (unpaired) electrons. The minimum atomic E-state index is -4.56. The van der Waals surface area contributed by atoms with Crippen molar-refractivity contribution in [1.82, 2.24) is 4.31 Å². The van der Waals surface area contributed by atoms with Crippen molar-refractivity contribution < 1.29 is 30.7 Å². The van der Waals surface area contributed by atoms with Gasteiger partial charge in [0.25, 0.3) is 0 Å². The number of ether oxygens (including phenoxy) is 1. The first kappa shape index (κ1) is 16.7. The number of nitrogens with zero attached hydrogens (tertiary/aromatic N) is 1. The largest absolute Gasteiger partial charge is 0.486 e. The van der Waals surface area contributed by atoms with E-state index in [0.717, 1.165) is 14.1 Å². The molecule has 0 aliphatic carbocycles. The molecule has 1 aromatic rings. The smallest absolute Gasteiger partial charge is 0.249 e. The lowest BCUT2D eigenvalue weighted by Gasteiger charge is -2.19. The summed E-state index contributed by atoms with van der Waals surface area (Å²) in [4.78, 5) is -1.37. The van der Waals surface area contributed by atoms with E-state index < -0.39 is 50.0 Å². The SMILES string of the molecule is CC(C)Oc1c(F)c(F)c(F)c(F)c1S(=O)(=O)N(C)C. The monoisotopic (exact) mass is 315 g/mol. The molecule has 114 valence electrons. The van der Waals surface area contributed by atoms with Crippen LogP contribution in [0.4, 0.5) is 17.6 Å². The van der Waals surface area contributed by atoms with E-state index in [2.05, 4.69) is 0 Å². The predicted molar refractivity (Wildman–Crippen MR) is 62.9 cm³/mol. The van der Waals surface area contributed by atoms with Gasteiger partial charge >= 0.3 is 0 Å². The van der Waals surface area contributed by atoms with Crippen molar-refractivity contribution in [1.29, 1.82) is 0 Å². The predicted octanol–water partition coefficient (Wildman–Crippen LogP) is 2.28. The van der Waals surface area contributed by atoms with Crippen LogP contribution >= 0.6 is 0 Å². The summed E-state index contributed by atoms with van der Waals surface area (Å²) in [5, 5.41) is 0. The zero-order valence-electron chi connectivity index (χ0n) is 11.2. The normalized spacial score (nSPS) is 12.3. The Balaban J connectivity index is 3.81. The van der Waals surface area contributed by atoms with Crippen LogP contribution in [0.25, 0.3) is 0 Å². The quantitative estimate of drug-likeness (QED) is 0.486. The van der Waals surface area contributed by atoms with E-state index in [-0.39, 0.29) is 0 Å². The minimum absolute atomic E-state index is 0.537. The van der Waals surface area contributed by atoms with Gasteiger partial charge in [-0.25, -0.2) is 25.9 Å². The maximum atomic E-state index is 13.7. The highest BCUT2D eigenvalue weighted by molar-refractivity contribution is 7.89. The Hall–Kier alpha value is -1.35. The molecular formula is C11H13F4NO3S. The van der Waals surface area contributed by atoms with E-state index >= 15 is 0 Å². The van der Waals surface area contributed by atoms with Crippen molar-refractivity contribution in [3.63, 3.8) is 0 Å². The Bertz CT molecular complexity index is 629. The highest BCUT2D eigenvalue weighted by atomic mass is 32.2. The molecule has 0 saturated heterocycles. The topological polar surface area (TPSA) is 46.6 Å². The van der Waals surface area contributed by atoms with E-state index in [9.17, 15) is 26.0 Å². The summed E-state index contributed by atoms with van der Waals surface area (Å²) < 4.78 is 83.0. The number of hydrogen-bond acceptors (Lipinski definition) is 3. The molecule has 1 rings (SSSR count). The second-order valence-electron chi connectivity index (χ2n) is 4.37. The number of sulfonamides is 1. The molecule has 20 heavy (non-hydrogen) atoms. The molecule has 0 spiro atoms. The van der Waals surface area contributed by atoms with Crippen LogP contribution in [-0.4, -0.2) is 32.9 Å². The Morgan fingerprint density at radius 3 is 1.80 bits per heavy atom. The molecule has 0 unspecified atom stereocenters. The Kier molecular flexibility index (Phi) is 4.65. The first-order valence-corrected chi connectivity index (χ1v) is 6.90. The van der Waals surface area contributed by atoms with E-state index in [1.165, 1.54) is 13.8 Å². The van der Waals surface area contributed by atoms with Crippen LogP contribution in [0.2, 0.25) is 0 Å². The van der Waals surface area contributed by atoms with Gasteiger partial charge in [-0.05, 0) is 13.8 Å². The Morgan fingerprint density at radius 1 is 0.950 bits per heavy atom. The molecule has 4 nitrogen and oxygen atoms in total. The number of halogens is 4. The van der Waals surface area contributed by atoms with Gasteiger partial charge in [-0.1, -0.05) is 0 Å². The summed E-state index contributed by atoms with van der Waals surface area (Å²) in [5.74, 6) is -9.42. The molecule has 0 N–H and O–H groups in total. The molecule has 0 fully saturated rings. The average Bonchev–Trinajstić information content (AvgIpc) is 2.32. The van der Waals surface area contributed by atoms with Crippen LogP contribution in [0.5, 0.6) is 5.75 Å². The molecule has 0 aliphatic heterocycles. The van der Waals surface area contributed by atoms with Gasteiger partial charge in [0.15, 0.2) is 22.3 Å². The molecule has 1 aromatic carbocycles. The first-order chi connectivity index (χ1) is 9.01. The molecule has 0 bridgehead atoms. The molecule has 0 saturated carbocycles. The molecule has 0 aliphatic rings. The van der Waals surface area contributed by atoms with Gasteiger partial charge in [0, 0.05) is 14.1 Å². The number of hydrogen-bond donors (Lipinski definition) is 0. The lowest BCUT2D eigenvalue weighted by Crippen LogP contribution is -2.26. The van der Waals surface area contributed by atoms with Crippen molar-refractivity contribution >= 4 is 10.0 Å². The van der Waals surface area contributed by atoms with Gasteiger partial charge in [0.2, 0.25) is 21.7 Å². The first-order valence-electron chi connectivity index (χ1n) is 5.46. The highest BCUT2D eigenvalue weighted by Gasteiger charge is 2.35. The van der Waals surface area contributed by atoms with Gasteiger partial charge in [-0.3, -0.25) is 0 Å². The second kappa shape index (κ2) is 5.57. The lowest BCUT2D eigenvalue weighted by molar-refractivity contribution is 0.214. The summed E-state index contributed by atoms with van der Waals surface area (Å²) in [6.45, 7) is 2.79. The van der Waals surface area contributed by atoms with Gasteiger partial charge in [0.05, 0.1) is 6.10 Å². The van der Waals surface area contributed by atoms with Crippen molar-refractivity contribution in [2.24, 2.45) is 0 Å². The maximum Gasteiger partial charge on any atom is 0.249 e. The fourth-order valence-electron chi connectivity index (χ4n) is 1.35. The Morgan fingerprint density at radius 2 is 1.40 bits per heavy atom. The summed E-state index contributed by atoms with van der Waals surface area (Å²) in [5.41, 5.74) is 0. The van der Waals surface area contributed by atoms with E-state index in [0.29, 0.717) is 4.31 Å². The molecule has 0 atom stereocenters. The number of benzene rings is 1. The zero-order chi connectivity index (χ0) is 15.8. The average molecular weight is 315 g/mol. The van der Waals surface area contributed by atoms with Crippen molar-refractivity contribution in [3.05, 3.63) is 23.3 Å². The van der Waals surface area contributed by atoms with Crippen LogP contribution in [0.3, 0.4) is 0 Å². The third-order valence-electron chi connectivity index (χ3n) is 2.28. The molecule has 0 aromatic heterocycles. The van der Waals surface area contributed by atoms with Gasteiger partial charge < -0.3 is 4.74 Å². The highest BCUT2D eigenvalue weighted by Crippen LogP contribution is 2.35. The third-order valence-corrected chi connectivity index (χ3v) is 4.12. The summed E-state index contributed by atoms with van der Waals surface area (Å²) in [6.07, 6.45) is -0.773. The van der Waals surface area contributed by atoms with Crippen LogP contribution < -0.4 is 4.74 Å². The summed E-state index contributed by atoms with van der Waals surface area (Å²) in [7, 11) is -2.49. The minimum Gasteiger partial charge on any atom is -0.486 e. The van der Waals surface area contributed by atoms with Crippen molar-refractivity contribution in [2.75, 3.05) is 14.1 Å². The molecular weight excluding hydrogens is 302 g/mol. The zero-order valence-corrected chi connectivity index (χ0v) is 12.0. The van der Waals surface area contributed by atoms with Crippen LogP contribution in [0, 0.1) is 23.3 Å². The Labute approximate surface area is 114 Å². The van der Waals surface area contributed by atoms with Crippen LogP contribution in [0.15, 0.2) is 4.90 Å². The molecule has 0 amide bonds. The van der Waals surface area contributed by atoms with E-state index in [1.807, 2.05) is 0 Å². The number of rotatable bonds is 4. The van der Waals surface area contributed by atoms with Gasteiger partial charge in [-0.15, -0.1) is 0 Å². The van der Waals surface area contributed by atoms with Gasteiger partial charge in [0.1, 0.15) is 0 Å². The molecule has 9 heteroatoms. The second-order valence-corrected chi connectivity index (χ2v) is 6.46. The van der Waals surface area contributed by atoms with Crippen LogP contribution in [-0.2, 0) is 10.0 Å². The van der Waals surface area contributed by atoms with E-state index in [1.54, 1.807) is 0 Å².